The van der Waals surface area contributed by atoms with Crippen LogP contribution in [0.25, 0.3) is 10.2 Å². The Hall–Kier alpha value is -3.18. The molecule has 0 N–H and O–H groups in total. The summed E-state index contributed by atoms with van der Waals surface area (Å²) in [6.45, 7) is 0.749. The van der Waals surface area contributed by atoms with Crippen molar-refractivity contribution in [1.29, 1.82) is 0 Å². The number of fused-ring (bicyclic) bond motifs is 2. The van der Waals surface area contributed by atoms with Crippen LogP contribution in [0.3, 0.4) is 0 Å². The van der Waals surface area contributed by atoms with Crippen LogP contribution in [-0.4, -0.2) is 51.4 Å². The molecule has 11 heteroatoms. The van der Waals surface area contributed by atoms with E-state index < -0.39 is 21.7 Å². The first-order chi connectivity index (χ1) is 15.2. The van der Waals surface area contributed by atoms with Gasteiger partial charge >= 0.3 is 5.97 Å². The molecule has 0 aliphatic carbocycles. The van der Waals surface area contributed by atoms with Gasteiger partial charge in [0.2, 0.25) is 0 Å². The summed E-state index contributed by atoms with van der Waals surface area (Å²) in [4.78, 5) is 29.4. The zero-order valence-electron chi connectivity index (χ0n) is 17.4. The summed E-state index contributed by atoms with van der Waals surface area (Å²) in [5.41, 5.74) is 1.30. The Kier molecular flexibility index (Phi) is 6.02. The van der Waals surface area contributed by atoms with Crippen LogP contribution in [0.15, 0.2) is 46.3 Å². The molecule has 0 radical (unpaired) electrons. The molecule has 2 heterocycles. The number of thiazole rings is 1. The van der Waals surface area contributed by atoms with Crippen LogP contribution in [0.1, 0.15) is 5.56 Å². The molecule has 0 saturated heterocycles. The molecule has 168 valence electrons. The molecule has 0 saturated carbocycles. The second kappa shape index (κ2) is 8.75. The molecular weight excluding hydrogens is 456 g/mol. The van der Waals surface area contributed by atoms with Gasteiger partial charge in [0.15, 0.2) is 26.1 Å². The molecule has 2 aromatic carbocycles. The second-order valence-electron chi connectivity index (χ2n) is 7.11. The SMILES string of the molecule is COC(=O)Cn1c(=NC(=O)Cc2ccc(S(C)(=O)=O)cc2)sc2cc3c(cc21)OCCO3. The van der Waals surface area contributed by atoms with Gasteiger partial charge in [-0.3, -0.25) is 9.59 Å². The Morgan fingerprint density at radius 3 is 2.41 bits per heavy atom. The summed E-state index contributed by atoms with van der Waals surface area (Å²) in [7, 11) is -2.02. The van der Waals surface area contributed by atoms with Crippen LogP contribution in [0.5, 0.6) is 11.5 Å². The molecule has 0 fully saturated rings. The fourth-order valence-electron chi connectivity index (χ4n) is 3.21. The number of benzene rings is 2. The molecular formula is C21H20N2O7S2. The van der Waals surface area contributed by atoms with Crippen LogP contribution < -0.4 is 14.3 Å². The molecule has 0 atom stereocenters. The van der Waals surface area contributed by atoms with Crippen molar-refractivity contribution >= 4 is 43.3 Å². The Bertz CT molecular complexity index is 1370. The molecule has 1 aliphatic rings. The van der Waals surface area contributed by atoms with E-state index in [1.165, 1.54) is 30.6 Å². The molecule has 1 aromatic heterocycles. The molecule has 0 spiro atoms. The number of aromatic nitrogens is 1. The van der Waals surface area contributed by atoms with Gasteiger partial charge < -0.3 is 18.8 Å². The monoisotopic (exact) mass is 476 g/mol. The fourth-order valence-corrected chi connectivity index (χ4v) is 4.90. The van der Waals surface area contributed by atoms with E-state index >= 15 is 0 Å². The fraction of sp³-hybridized carbons (Fsp3) is 0.286. The summed E-state index contributed by atoms with van der Waals surface area (Å²) in [5.74, 6) is 0.243. The van der Waals surface area contributed by atoms with E-state index in [1.54, 1.807) is 28.8 Å². The van der Waals surface area contributed by atoms with Crippen LogP contribution in [0.2, 0.25) is 0 Å². The van der Waals surface area contributed by atoms with Gasteiger partial charge in [-0.2, -0.15) is 4.99 Å². The third kappa shape index (κ3) is 4.68. The summed E-state index contributed by atoms with van der Waals surface area (Å²) in [6.07, 6.45) is 1.11. The summed E-state index contributed by atoms with van der Waals surface area (Å²) >= 11 is 1.25. The third-order valence-electron chi connectivity index (χ3n) is 4.79. The Morgan fingerprint density at radius 1 is 1.12 bits per heavy atom. The van der Waals surface area contributed by atoms with Crippen molar-refractivity contribution in [2.75, 3.05) is 26.6 Å². The first-order valence-electron chi connectivity index (χ1n) is 9.61. The van der Waals surface area contributed by atoms with Crippen molar-refractivity contribution in [1.82, 2.24) is 4.57 Å². The average molecular weight is 477 g/mol. The molecule has 1 amide bonds. The largest absolute Gasteiger partial charge is 0.486 e. The molecule has 9 nitrogen and oxygen atoms in total. The summed E-state index contributed by atoms with van der Waals surface area (Å²) < 4.78 is 41.6. The Balaban J connectivity index is 1.70. The molecule has 0 unspecified atom stereocenters. The lowest BCUT2D eigenvalue weighted by Gasteiger charge is -2.18. The summed E-state index contributed by atoms with van der Waals surface area (Å²) in [6, 6.07) is 9.64. The van der Waals surface area contributed by atoms with E-state index in [0.717, 1.165) is 11.0 Å². The van der Waals surface area contributed by atoms with Crippen molar-refractivity contribution < 1.29 is 32.2 Å². The van der Waals surface area contributed by atoms with Gasteiger partial charge in [-0.1, -0.05) is 23.5 Å². The number of hydrogen-bond acceptors (Lipinski definition) is 8. The molecule has 4 rings (SSSR count). The maximum absolute atomic E-state index is 12.6. The van der Waals surface area contributed by atoms with Crippen molar-refractivity contribution in [2.24, 2.45) is 4.99 Å². The zero-order chi connectivity index (χ0) is 22.9. The van der Waals surface area contributed by atoms with Gasteiger partial charge in [-0.25, -0.2) is 8.42 Å². The van der Waals surface area contributed by atoms with Crippen molar-refractivity contribution in [3.8, 4) is 11.5 Å². The van der Waals surface area contributed by atoms with E-state index in [0.29, 0.717) is 40.6 Å². The maximum Gasteiger partial charge on any atom is 0.325 e. The lowest BCUT2D eigenvalue weighted by Crippen LogP contribution is -2.23. The van der Waals surface area contributed by atoms with Gasteiger partial charge in [-0.15, -0.1) is 0 Å². The van der Waals surface area contributed by atoms with Gasteiger partial charge in [0.1, 0.15) is 19.8 Å². The predicted octanol–water partition coefficient (Wildman–Crippen LogP) is 1.72. The van der Waals surface area contributed by atoms with E-state index in [-0.39, 0.29) is 17.9 Å². The molecule has 1 aliphatic heterocycles. The molecule has 3 aromatic rings. The first-order valence-corrected chi connectivity index (χ1v) is 12.3. The number of methoxy groups -OCH3 is 1. The third-order valence-corrected chi connectivity index (χ3v) is 6.96. The highest BCUT2D eigenvalue weighted by atomic mass is 32.2. The van der Waals surface area contributed by atoms with Crippen LogP contribution in [0.4, 0.5) is 0 Å². The van der Waals surface area contributed by atoms with E-state index in [2.05, 4.69) is 4.99 Å². The smallest absolute Gasteiger partial charge is 0.325 e. The van der Waals surface area contributed by atoms with Gasteiger partial charge in [0, 0.05) is 18.4 Å². The minimum Gasteiger partial charge on any atom is -0.486 e. The predicted molar refractivity (Wildman–Crippen MR) is 117 cm³/mol. The minimum absolute atomic E-state index is 0.0146. The highest BCUT2D eigenvalue weighted by Crippen LogP contribution is 2.35. The number of ether oxygens (including phenoxy) is 3. The number of carbonyl (C=O) groups is 2. The highest BCUT2D eigenvalue weighted by Gasteiger charge is 2.18. The Morgan fingerprint density at radius 2 is 1.78 bits per heavy atom. The quantitative estimate of drug-likeness (QED) is 0.515. The minimum atomic E-state index is -3.31. The number of sulfone groups is 1. The van der Waals surface area contributed by atoms with E-state index in [9.17, 15) is 18.0 Å². The van der Waals surface area contributed by atoms with E-state index in [4.69, 9.17) is 14.2 Å². The number of esters is 1. The highest BCUT2D eigenvalue weighted by molar-refractivity contribution is 7.90. The maximum atomic E-state index is 12.6. The zero-order valence-corrected chi connectivity index (χ0v) is 19.0. The van der Waals surface area contributed by atoms with E-state index in [1.807, 2.05) is 0 Å². The molecule has 32 heavy (non-hydrogen) atoms. The lowest BCUT2D eigenvalue weighted by atomic mass is 10.1. The van der Waals surface area contributed by atoms with Crippen molar-refractivity contribution in [3.05, 3.63) is 46.8 Å². The van der Waals surface area contributed by atoms with Gasteiger partial charge in [0.25, 0.3) is 5.91 Å². The topological polar surface area (TPSA) is 113 Å². The second-order valence-corrected chi connectivity index (χ2v) is 10.1. The number of carbonyl (C=O) groups excluding carboxylic acids is 2. The van der Waals surface area contributed by atoms with Crippen molar-refractivity contribution in [2.45, 2.75) is 17.9 Å². The number of amides is 1. The van der Waals surface area contributed by atoms with Gasteiger partial charge in [0.05, 0.1) is 28.6 Å². The number of hydrogen-bond donors (Lipinski definition) is 0. The average Bonchev–Trinajstić information content (AvgIpc) is 3.07. The van der Waals surface area contributed by atoms with Crippen LogP contribution in [0, 0.1) is 0 Å². The number of rotatable bonds is 5. The Labute approximate surface area is 187 Å². The first kappa shape index (κ1) is 22.0. The van der Waals surface area contributed by atoms with Gasteiger partial charge in [-0.05, 0) is 17.7 Å². The molecule has 0 bridgehead atoms. The van der Waals surface area contributed by atoms with Crippen molar-refractivity contribution in [3.63, 3.8) is 0 Å². The lowest BCUT2D eigenvalue weighted by molar-refractivity contribution is -0.141. The van der Waals surface area contributed by atoms with Crippen LogP contribution in [-0.2, 0) is 37.1 Å². The van der Waals surface area contributed by atoms with Crippen LogP contribution >= 0.6 is 11.3 Å². The normalized spacial score (nSPS) is 13.9. The summed E-state index contributed by atoms with van der Waals surface area (Å²) in [5, 5.41) is 0. The standard InChI is InChI=1S/C21H20N2O7S2/c1-28-20(25)12-23-15-10-16-17(30-8-7-29-16)11-18(15)31-21(23)22-19(24)9-13-3-5-14(6-4-13)32(2,26)27/h3-6,10-11H,7-9,12H2,1-2H3. The number of nitrogens with zero attached hydrogens (tertiary/aromatic N) is 2.